The number of hydrogen-bond donors (Lipinski definition) is 3. The summed E-state index contributed by atoms with van der Waals surface area (Å²) < 4.78 is 0. The number of aryl methyl sites for hydroxylation is 1. The maximum absolute atomic E-state index is 4.67. The van der Waals surface area contributed by atoms with Crippen molar-refractivity contribution < 1.29 is 0 Å². The summed E-state index contributed by atoms with van der Waals surface area (Å²) in [5, 5.41) is 12.9. The number of anilines is 1. The Labute approximate surface area is 206 Å². The van der Waals surface area contributed by atoms with Crippen molar-refractivity contribution in [3.05, 3.63) is 78.3 Å². The van der Waals surface area contributed by atoms with Crippen molar-refractivity contribution in [3.8, 4) is 33.1 Å². The van der Waals surface area contributed by atoms with Crippen LogP contribution in [0.5, 0.6) is 0 Å². The SMILES string of the molecule is C=C(CC)Nc1cncc(-c2cnc3n[nH]c(-c4cc5c(-c6ccc(C)s6)nccc5[nH]4)c3c2)c1. The number of nitrogens with zero attached hydrogens (tertiary/aromatic N) is 4. The quantitative estimate of drug-likeness (QED) is 0.242. The van der Waals surface area contributed by atoms with Crippen LogP contribution >= 0.6 is 11.3 Å². The molecule has 6 aromatic rings. The van der Waals surface area contributed by atoms with E-state index >= 15 is 0 Å². The summed E-state index contributed by atoms with van der Waals surface area (Å²) in [6.45, 7) is 8.20. The first-order chi connectivity index (χ1) is 17.1. The van der Waals surface area contributed by atoms with Crippen LogP contribution in [0.3, 0.4) is 0 Å². The molecule has 0 unspecified atom stereocenters. The Morgan fingerprint density at radius 3 is 2.74 bits per heavy atom. The van der Waals surface area contributed by atoms with Gasteiger partial charge in [-0.05, 0) is 49.7 Å². The van der Waals surface area contributed by atoms with Crippen LogP contribution in [0.1, 0.15) is 18.2 Å². The van der Waals surface area contributed by atoms with Crippen LogP contribution in [0.15, 0.2) is 73.5 Å². The lowest BCUT2D eigenvalue weighted by Gasteiger charge is -2.09. The number of pyridine rings is 3. The third kappa shape index (κ3) is 3.87. The standard InChI is InChI=1S/C27H23N7S/c1-4-15(2)31-19-9-17(12-28-14-19)18-10-21-25(33-34-27(21)30-13-18)23-11-20-22(32-23)7-8-29-26(20)24-6-5-16(3)35-24/h5-14,31-32H,2,4H2,1,3H3,(H,30,33,34). The topological polar surface area (TPSA) is 95.2 Å². The number of rotatable bonds is 6. The van der Waals surface area contributed by atoms with Gasteiger partial charge in [0.1, 0.15) is 0 Å². The smallest absolute Gasteiger partial charge is 0.181 e. The van der Waals surface area contributed by atoms with Gasteiger partial charge in [-0.1, -0.05) is 13.5 Å². The maximum atomic E-state index is 4.67. The average molecular weight is 478 g/mol. The largest absolute Gasteiger partial charge is 0.358 e. The van der Waals surface area contributed by atoms with Crippen molar-refractivity contribution >= 4 is 39.0 Å². The molecule has 0 saturated heterocycles. The second-order valence-corrected chi connectivity index (χ2v) is 9.74. The highest BCUT2D eigenvalue weighted by Gasteiger charge is 2.16. The lowest BCUT2D eigenvalue weighted by Crippen LogP contribution is -1.97. The van der Waals surface area contributed by atoms with E-state index in [1.165, 1.54) is 4.88 Å². The van der Waals surface area contributed by atoms with Gasteiger partial charge in [-0.15, -0.1) is 11.3 Å². The first-order valence-electron chi connectivity index (χ1n) is 11.4. The van der Waals surface area contributed by atoms with E-state index in [-0.39, 0.29) is 0 Å². The number of aromatic nitrogens is 6. The van der Waals surface area contributed by atoms with Gasteiger partial charge in [0, 0.05) is 56.6 Å². The molecular formula is C27H23N7S. The lowest BCUT2D eigenvalue weighted by molar-refractivity contribution is 1.10. The highest BCUT2D eigenvalue weighted by molar-refractivity contribution is 7.15. The molecule has 0 amide bonds. The Morgan fingerprint density at radius 2 is 1.91 bits per heavy atom. The molecule has 6 heterocycles. The van der Waals surface area contributed by atoms with Crippen molar-refractivity contribution in [2.75, 3.05) is 5.32 Å². The predicted molar refractivity (Wildman–Crippen MR) is 143 cm³/mol. The molecule has 0 atom stereocenters. The van der Waals surface area contributed by atoms with Gasteiger partial charge in [0.2, 0.25) is 0 Å². The number of nitrogens with one attached hydrogen (secondary N) is 3. The number of thiophene rings is 1. The fourth-order valence-corrected chi connectivity index (χ4v) is 5.05. The maximum Gasteiger partial charge on any atom is 0.181 e. The number of H-pyrrole nitrogens is 2. The van der Waals surface area contributed by atoms with Crippen LogP contribution in [0.25, 0.3) is 55.0 Å². The van der Waals surface area contributed by atoms with E-state index < -0.39 is 0 Å². The van der Waals surface area contributed by atoms with Gasteiger partial charge in [-0.25, -0.2) is 4.98 Å². The zero-order valence-corrected chi connectivity index (χ0v) is 20.2. The van der Waals surface area contributed by atoms with Gasteiger partial charge in [0.15, 0.2) is 5.65 Å². The minimum Gasteiger partial charge on any atom is -0.358 e. The van der Waals surface area contributed by atoms with Crippen LogP contribution in [0, 0.1) is 6.92 Å². The fraction of sp³-hybridized carbons (Fsp3) is 0.111. The first kappa shape index (κ1) is 21.2. The zero-order valence-electron chi connectivity index (χ0n) is 19.4. The second kappa shape index (κ2) is 8.48. The summed E-state index contributed by atoms with van der Waals surface area (Å²) in [6.07, 6.45) is 8.16. The highest BCUT2D eigenvalue weighted by atomic mass is 32.1. The zero-order chi connectivity index (χ0) is 23.9. The minimum atomic E-state index is 0.663. The molecule has 6 rings (SSSR count). The second-order valence-electron chi connectivity index (χ2n) is 8.45. The van der Waals surface area contributed by atoms with Gasteiger partial charge in [-0.2, -0.15) is 5.10 Å². The Hall–Kier alpha value is -4.30. The Balaban J connectivity index is 1.43. The summed E-state index contributed by atoms with van der Waals surface area (Å²) in [5.74, 6) is 0. The van der Waals surface area contributed by atoms with Gasteiger partial charge >= 0.3 is 0 Å². The molecule has 0 aliphatic carbocycles. The average Bonchev–Trinajstić information content (AvgIpc) is 3.61. The van der Waals surface area contributed by atoms with Gasteiger partial charge in [0.05, 0.1) is 33.8 Å². The number of fused-ring (bicyclic) bond motifs is 2. The third-order valence-electron chi connectivity index (χ3n) is 6.02. The molecule has 0 spiro atoms. The molecule has 7 nitrogen and oxygen atoms in total. The Bertz CT molecular complexity index is 1710. The Morgan fingerprint density at radius 1 is 1.03 bits per heavy atom. The van der Waals surface area contributed by atoms with Crippen molar-refractivity contribution in [1.29, 1.82) is 0 Å². The summed E-state index contributed by atoms with van der Waals surface area (Å²) in [4.78, 5) is 19.6. The molecule has 0 radical (unpaired) electrons. The summed E-state index contributed by atoms with van der Waals surface area (Å²) in [6, 6.07) is 12.5. The highest BCUT2D eigenvalue weighted by Crippen LogP contribution is 2.36. The molecule has 0 bridgehead atoms. The summed E-state index contributed by atoms with van der Waals surface area (Å²) in [5.41, 5.74) is 8.29. The first-order valence-corrected chi connectivity index (χ1v) is 12.2. The lowest BCUT2D eigenvalue weighted by atomic mass is 10.1. The molecular weight excluding hydrogens is 454 g/mol. The normalized spacial score (nSPS) is 11.4. The molecule has 172 valence electrons. The number of aromatic amines is 2. The Kier molecular flexibility index (Phi) is 5.15. The molecule has 35 heavy (non-hydrogen) atoms. The van der Waals surface area contributed by atoms with E-state index in [4.69, 9.17) is 0 Å². The van der Waals surface area contributed by atoms with Gasteiger partial charge in [-0.3, -0.25) is 15.1 Å². The van der Waals surface area contributed by atoms with Crippen molar-refractivity contribution in [3.63, 3.8) is 0 Å². The van der Waals surface area contributed by atoms with Crippen LogP contribution in [-0.4, -0.2) is 30.1 Å². The van der Waals surface area contributed by atoms with E-state index in [0.717, 1.165) is 67.2 Å². The summed E-state index contributed by atoms with van der Waals surface area (Å²) >= 11 is 1.75. The molecule has 6 aromatic heterocycles. The van der Waals surface area contributed by atoms with E-state index in [1.807, 2.05) is 24.7 Å². The van der Waals surface area contributed by atoms with Crippen LogP contribution < -0.4 is 5.32 Å². The predicted octanol–water partition coefficient (Wildman–Crippen LogP) is 6.94. The van der Waals surface area contributed by atoms with E-state index in [2.05, 4.69) is 86.2 Å². The fourth-order valence-electron chi connectivity index (χ4n) is 4.17. The molecule has 0 aliphatic rings. The minimum absolute atomic E-state index is 0.663. The van der Waals surface area contributed by atoms with Crippen LogP contribution in [0.2, 0.25) is 0 Å². The van der Waals surface area contributed by atoms with Crippen molar-refractivity contribution in [2.45, 2.75) is 20.3 Å². The molecule has 0 aromatic carbocycles. The molecule has 0 saturated carbocycles. The van der Waals surface area contributed by atoms with Gasteiger partial charge in [0.25, 0.3) is 0 Å². The van der Waals surface area contributed by atoms with E-state index in [9.17, 15) is 0 Å². The van der Waals surface area contributed by atoms with E-state index in [0.29, 0.717) is 5.65 Å². The number of allylic oxidation sites excluding steroid dienone is 1. The number of hydrogen-bond acceptors (Lipinski definition) is 6. The summed E-state index contributed by atoms with van der Waals surface area (Å²) in [7, 11) is 0. The molecule has 3 N–H and O–H groups in total. The van der Waals surface area contributed by atoms with Crippen molar-refractivity contribution in [1.82, 2.24) is 30.1 Å². The molecule has 0 fully saturated rings. The third-order valence-corrected chi connectivity index (χ3v) is 7.03. The van der Waals surface area contributed by atoms with E-state index in [1.54, 1.807) is 17.5 Å². The molecule has 0 aliphatic heterocycles. The van der Waals surface area contributed by atoms with Gasteiger partial charge < -0.3 is 10.3 Å². The van der Waals surface area contributed by atoms with Crippen LogP contribution in [0.4, 0.5) is 5.69 Å². The monoisotopic (exact) mass is 477 g/mol. The van der Waals surface area contributed by atoms with Crippen molar-refractivity contribution in [2.24, 2.45) is 0 Å². The van der Waals surface area contributed by atoms with Crippen LogP contribution in [-0.2, 0) is 0 Å². The molecule has 8 heteroatoms.